The molecule has 2 saturated carbocycles. The smallest absolute Gasteiger partial charge is 0.340 e. The fraction of sp³-hybridized carbons (Fsp3) is 0.929. The predicted octanol–water partition coefficient (Wildman–Crippen LogP) is 1.91. The van der Waals surface area contributed by atoms with E-state index < -0.39 is 12.7 Å². The molecule has 0 aromatic heterocycles. The van der Waals surface area contributed by atoms with Crippen molar-refractivity contribution >= 4 is 30.7 Å². The van der Waals surface area contributed by atoms with E-state index in [9.17, 15) is 18.0 Å². The van der Waals surface area contributed by atoms with Crippen molar-refractivity contribution in [3.63, 3.8) is 0 Å². The summed E-state index contributed by atoms with van der Waals surface area (Å²) in [6.07, 6.45) is -0.928. The summed E-state index contributed by atoms with van der Waals surface area (Å²) in [4.78, 5) is 15.7. The van der Waals surface area contributed by atoms with Gasteiger partial charge in [0, 0.05) is 32.2 Å². The molecule has 4 unspecified atom stereocenters. The number of carbonyl (C=O) groups excluding carboxylic acids is 1. The average Bonchev–Trinajstić information content (AvgIpc) is 2.97. The van der Waals surface area contributed by atoms with Crippen molar-refractivity contribution in [1.82, 2.24) is 9.80 Å². The molecule has 2 aliphatic carbocycles. The summed E-state index contributed by atoms with van der Waals surface area (Å²) >= 11 is 0. The SMILES string of the molecule is Cl.Cl.NC1C2CCC(C2)C1C(=O)N1CCN(CC(F)(F)F)CC1. The number of nitrogens with two attached hydrogens (primary N) is 1. The monoisotopic (exact) mass is 377 g/mol. The molecule has 0 radical (unpaired) electrons. The zero-order valence-corrected chi connectivity index (χ0v) is 14.4. The molecule has 0 spiro atoms. The van der Waals surface area contributed by atoms with Crippen LogP contribution in [0.25, 0.3) is 0 Å². The van der Waals surface area contributed by atoms with E-state index in [1.54, 1.807) is 4.90 Å². The van der Waals surface area contributed by atoms with E-state index in [0.717, 1.165) is 19.3 Å². The molecule has 2 N–H and O–H groups in total. The number of hydrogen-bond donors (Lipinski definition) is 1. The van der Waals surface area contributed by atoms with Crippen LogP contribution in [0.5, 0.6) is 0 Å². The van der Waals surface area contributed by atoms with Gasteiger partial charge in [-0.2, -0.15) is 13.2 Å². The quantitative estimate of drug-likeness (QED) is 0.799. The van der Waals surface area contributed by atoms with Gasteiger partial charge in [0.25, 0.3) is 0 Å². The van der Waals surface area contributed by atoms with Crippen LogP contribution in [0.3, 0.4) is 0 Å². The molecule has 9 heteroatoms. The number of alkyl halides is 3. The van der Waals surface area contributed by atoms with Crippen molar-refractivity contribution < 1.29 is 18.0 Å². The van der Waals surface area contributed by atoms with Crippen LogP contribution in [0.2, 0.25) is 0 Å². The number of fused-ring (bicyclic) bond motifs is 2. The minimum Gasteiger partial charge on any atom is -0.340 e. The Morgan fingerprint density at radius 3 is 2.09 bits per heavy atom. The second kappa shape index (κ2) is 7.76. The highest BCUT2D eigenvalue weighted by molar-refractivity contribution is 5.85. The second-order valence-electron chi connectivity index (χ2n) is 6.65. The fourth-order valence-corrected chi connectivity index (χ4v) is 4.29. The van der Waals surface area contributed by atoms with E-state index in [0.29, 0.717) is 38.0 Å². The van der Waals surface area contributed by atoms with Gasteiger partial charge in [-0.05, 0) is 31.1 Å². The highest BCUT2D eigenvalue weighted by Crippen LogP contribution is 2.48. The Morgan fingerprint density at radius 1 is 1.04 bits per heavy atom. The molecule has 2 bridgehead atoms. The van der Waals surface area contributed by atoms with Gasteiger partial charge < -0.3 is 10.6 Å². The highest BCUT2D eigenvalue weighted by Gasteiger charge is 2.50. The maximum atomic E-state index is 12.6. The summed E-state index contributed by atoms with van der Waals surface area (Å²) in [5, 5.41) is 0. The molecule has 1 heterocycles. The number of halogens is 5. The predicted molar refractivity (Wildman–Crippen MR) is 85.9 cm³/mol. The summed E-state index contributed by atoms with van der Waals surface area (Å²) in [6.45, 7) is 0.469. The Balaban J connectivity index is 0.00000132. The zero-order chi connectivity index (χ0) is 15.2. The summed E-state index contributed by atoms with van der Waals surface area (Å²) in [7, 11) is 0. The minimum atomic E-state index is -4.17. The van der Waals surface area contributed by atoms with Crippen LogP contribution in [0.4, 0.5) is 13.2 Å². The molecule has 1 amide bonds. The zero-order valence-electron chi connectivity index (χ0n) is 12.8. The summed E-state index contributed by atoms with van der Waals surface area (Å²) in [6, 6.07) is -0.0514. The van der Waals surface area contributed by atoms with Crippen molar-refractivity contribution in [1.29, 1.82) is 0 Å². The Kier molecular flexibility index (Phi) is 7.02. The molecule has 1 aliphatic heterocycles. The molecule has 0 aromatic rings. The van der Waals surface area contributed by atoms with E-state index in [4.69, 9.17) is 5.73 Å². The number of piperazine rings is 1. The van der Waals surface area contributed by atoms with E-state index in [-0.39, 0.29) is 42.7 Å². The molecular formula is C14H24Cl2F3N3O. The third-order valence-corrected chi connectivity index (χ3v) is 5.35. The van der Waals surface area contributed by atoms with Gasteiger partial charge in [0.1, 0.15) is 0 Å². The van der Waals surface area contributed by atoms with Crippen LogP contribution in [-0.4, -0.2) is 60.6 Å². The van der Waals surface area contributed by atoms with Gasteiger partial charge in [0.05, 0.1) is 12.5 Å². The van der Waals surface area contributed by atoms with Gasteiger partial charge >= 0.3 is 6.18 Å². The van der Waals surface area contributed by atoms with Crippen molar-refractivity contribution in [2.45, 2.75) is 31.5 Å². The molecule has 3 aliphatic rings. The molecule has 0 aromatic carbocycles. The summed E-state index contributed by atoms with van der Waals surface area (Å²) in [5.74, 6) is 0.834. The van der Waals surface area contributed by atoms with E-state index in [1.807, 2.05) is 0 Å². The Labute approximate surface area is 146 Å². The molecule has 3 rings (SSSR count). The number of nitrogens with zero attached hydrogens (tertiary/aromatic N) is 2. The third-order valence-electron chi connectivity index (χ3n) is 5.35. The number of amides is 1. The van der Waals surface area contributed by atoms with Gasteiger partial charge in [-0.15, -0.1) is 24.8 Å². The summed E-state index contributed by atoms with van der Waals surface area (Å²) < 4.78 is 37.1. The molecule has 23 heavy (non-hydrogen) atoms. The largest absolute Gasteiger partial charge is 0.401 e. The van der Waals surface area contributed by atoms with Gasteiger partial charge in [-0.1, -0.05) is 0 Å². The molecular weight excluding hydrogens is 354 g/mol. The number of rotatable bonds is 2. The van der Waals surface area contributed by atoms with Crippen LogP contribution in [0, 0.1) is 17.8 Å². The Hall–Kier alpha value is -0.240. The number of carbonyl (C=O) groups is 1. The molecule has 136 valence electrons. The van der Waals surface area contributed by atoms with Gasteiger partial charge in [-0.3, -0.25) is 9.69 Å². The van der Waals surface area contributed by atoms with Crippen molar-refractivity contribution in [3.8, 4) is 0 Å². The van der Waals surface area contributed by atoms with Crippen molar-refractivity contribution in [2.24, 2.45) is 23.5 Å². The number of hydrogen-bond acceptors (Lipinski definition) is 3. The van der Waals surface area contributed by atoms with Crippen LogP contribution in [0.15, 0.2) is 0 Å². The van der Waals surface area contributed by atoms with E-state index >= 15 is 0 Å². The highest BCUT2D eigenvalue weighted by atomic mass is 35.5. The second-order valence-corrected chi connectivity index (χ2v) is 6.65. The molecule has 4 nitrogen and oxygen atoms in total. The van der Waals surface area contributed by atoms with Crippen molar-refractivity contribution in [3.05, 3.63) is 0 Å². The van der Waals surface area contributed by atoms with E-state index in [1.165, 1.54) is 4.90 Å². The van der Waals surface area contributed by atoms with E-state index in [2.05, 4.69) is 0 Å². The van der Waals surface area contributed by atoms with Crippen LogP contribution in [-0.2, 0) is 4.79 Å². The lowest BCUT2D eigenvalue weighted by Crippen LogP contribution is -2.54. The fourth-order valence-electron chi connectivity index (χ4n) is 4.29. The van der Waals surface area contributed by atoms with Crippen LogP contribution in [0.1, 0.15) is 19.3 Å². The molecule has 4 atom stereocenters. The minimum absolute atomic E-state index is 0. The average molecular weight is 378 g/mol. The lowest BCUT2D eigenvalue weighted by molar-refractivity contribution is -0.153. The maximum Gasteiger partial charge on any atom is 0.401 e. The first-order valence-corrected chi connectivity index (χ1v) is 7.68. The summed E-state index contributed by atoms with van der Waals surface area (Å²) in [5.41, 5.74) is 6.18. The third kappa shape index (κ3) is 4.44. The van der Waals surface area contributed by atoms with Crippen molar-refractivity contribution in [2.75, 3.05) is 32.7 Å². The standard InChI is InChI=1S/C14H22F3N3O.2ClH/c15-14(16,17)8-19-3-5-20(6-4-19)13(21)11-9-1-2-10(7-9)12(11)18;;/h9-12H,1-8,18H2;2*1H. The van der Waals surface area contributed by atoms with Crippen LogP contribution >= 0.6 is 24.8 Å². The lowest BCUT2D eigenvalue weighted by Gasteiger charge is -2.38. The topological polar surface area (TPSA) is 49.6 Å². The van der Waals surface area contributed by atoms with Gasteiger partial charge in [0.2, 0.25) is 5.91 Å². The lowest BCUT2D eigenvalue weighted by atomic mass is 9.84. The molecule has 1 saturated heterocycles. The molecule has 3 fully saturated rings. The van der Waals surface area contributed by atoms with Gasteiger partial charge in [-0.25, -0.2) is 0 Å². The normalized spacial score (nSPS) is 34.0. The Morgan fingerprint density at radius 2 is 1.61 bits per heavy atom. The van der Waals surface area contributed by atoms with Crippen LogP contribution < -0.4 is 5.73 Å². The Bertz CT molecular complexity index is 415. The first-order chi connectivity index (χ1) is 9.85. The maximum absolute atomic E-state index is 12.6. The first-order valence-electron chi connectivity index (χ1n) is 7.68. The first kappa shape index (κ1) is 20.8. The van der Waals surface area contributed by atoms with Gasteiger partial charge in [0.15, 0.2) is 0 Å².